The normalized spacial score (nSPS) is 27.2. The van der Waals surface area contributed by atoms with Crippen LogP contribution in [0.1, 0.15) is 45.1 Å². The molecule has 2 amide bonds. The Labute approximate surface area is 211 Å². The Balaban J connectivity index is 0.00000193. The van der Waals surface area contributed by atoms with Crippen molar-refractivity contribution in [3.05, 3.63) is 35.9 Å². The van der Waals surface area contributed by atoms with Gasteiger partial charge in [0.15, 0.2) is 0 Å². The first kappa shape index (κ1) is 27.9. The average molecular weight is 500 g/mol. The van der Waals surface area contributed by atoms with Crippen LogP contribution in [0.5, 0.6) is 0 Å². The molecule has 0 radical (unpaired) electrons. The maximum Gasteiger partial charge on any atom is 0.246 e. The minimum atomic E-state index is -0.246. The summed E-state index contributed by atoms with van der Waals surface area (Å²) in [5.74, 6) is 0.811. The molecule has 3 heterocycles. The Hall–Kier alpha value is -1.34. The van der Waals surface area contributed by atoms with E-state index in [0.29, 0.717) is 5.92 Å². The number of hydrogen-bond donors (Lipinski definition) is 2. The highest BCUT2D eigenvalue weighted by molar-refractivity contribution is 5.97. The molecule has 2 unspecified atom stereocenters. The summed E-state index contributed by atoms with van der Waals surface area (Å²) in [4.78, 5) is 33.4. The molecule has 3 fully saturated rings. The van der Waals surface area contributed by atoms with Gasteiger partial charge < -0.3 is 44.4 Å². The van der Waals surface area contributed by atoms with E-state index in [1.165, 1.54) is 31.7 Å². The number of hydrogen-bond acceptors (Lipinski definition) is 2. The maximum atomic E-state index is 13.2. The summed E-state index contributed by atoms with van der Waals surface area (Å²) in [6.45, 7) is 12.8. The minimum absolute atomic E-state index is 0. The van der Waals surface area contributed by atoms with Crippen molar-refractivity contribution < 1.29 is 44.2 Å². The molecule has 1 aromatic carbocycles. The highest BCUT2D eigenvalue weighted by atomic mass is 35.5. The molecule has 33 heavy (non-hydrogen) atoms. The van der Waals surface area contributed by atoms with Crippen molar-refractivity contribution >= 4 is 11.8 Å². The molecule has 8 heteroatoms. The quantitative estimate of drug-likeness (QED) is 0.374. The van der Waals surface area contributed by atoms with E-state index in [2.05, 4.69) is 44.2 Å². The summed E-state index contributed by atoms with van der Waals surface area (Å²) in [6.07, 6.45) is 3.57. The first-order valence-electron chi connectivity index (χ1n) is 12.3. The van der Waals surface area contributed by atoms with Gasteiger partial charge in [0, 0.05) is 25.1 Å². The molecule has 3 aliphatic rings. The van der Waals surface area contributed by atoms with E-state index in [1.807, 2.05) is 9.80 Å². The number of amides is 2. The number of benzene rings is 1. The SMILES string of the molecule is CC(C)CC1C(=O)N2CCCC2C(=O)N1CCC[NH+]1CC[NH+](Cc2ccccc2)CC1.[Cl-].[Cl-]. The van der Waals surface area contributed by atoms with Crippen LogP contribution in [-0.2, 0) is 16.1 Å². The molecule has 0 aliphatic carbocycles. The van der Waals surface area contributed by atoms with Gasteiger partial charge in [-0.05, 0) is 25.2 Å². The lowest BCUT2D eigenvalue weighted by atomic mass is 9.96. The first-order chi connectivity index (χ1) is 15.0. The molecular weight excluding hydrogens is 459 g/mol. The van der Waals surface area contributed by atoms with Crippen molar-refractivity contribution in [2.45, 2.75) is 58.2 Å². The van der Waals surface area contributed by atoms with Gasteiger partial charge in [-0.3, -0.25) is 9.59 Å². The second-order valence-corrected chi connectivity index (χ2v) is 10.1. The van der Waals surface area contributed by atoms with E-state index in [9.17, 15) is 9.59 Å². The number of nitrogens with zero attached hydrogens (tertiary/aromatic N) is 2. The Kier molecular flexibility index (Phi) is 10.9. The third-order valence-electron chi connectivity index (χ3n) is 7.35. The molecule has 4 rings (SSSR count). The standard InChI is InChI=1S/C25H38N4O2.2ClH/c1-20(2)18-23-25(31)28-12-6-10-22(28)24(30)29(23)13-7-11-26-14-16-27(17-15-26)19-21-8-4-3-5-9-21;;/h3-5,8-9,20,22-23H,6-7,10-19H2,1-2H3;2*1H. The van der Waals surface area contributed by atoms with Crippen LogP contribution in [0.25, 0.3) is 0 Å². The van der Waals surface area contributed by atoms with Gasteiger partial charge >= 0.3 is 0 Å². The lowest BCUT2D eigenvalue weighted by Gasteiger charge is -2.43. The molecule has 2 N–H and O–H groups in total. The van der Waals surface area contributed by atoms with Gasteiger partial charge in [0.25, 0.3) is 0 Å². The van der Waals surface area contributed by atoms with Crippen LogP contribution in [0, 0.1) is 5.92 Å². The zero-order valence-electron chi connectivity index (χ0n) is 20.1. The second kappa shape index (κ2) is 12.9. The summed E-state index contributed by atoms with van der Waals surface area (Å²) in [6, 6.07) is 10.3. The van der Waals surface area contributed by atoms with Crippen molar-refractivity contribution in [3.8, 4) is 0 Å². The number of rotatable bonds is 8. The van der Waals surface area contributed by atoms with Gasteiger partial charge in [-0.25, -0.2) is 0 Å². The maximum absolute atomic E-state index is 13.2. The van der Waals surface area contributed by atoms with Crippen LogP contribution in [0.2, 0.25) is 0 Å². The van der Waals surface area contributed by atoms with Crippen LogP contribution in [0.3, 0.4) is 0 Å². The molecule has 2 atom stereocenters. The van der Waals surface area contributed by atoms with Crippen molar-refractivity contribution in [1.82, 2.24) is 9.80 Å². The molecular formula is C25H40Cl2N4O2. The molecule has 3 saturated heterocycles. The third kappa shape index (κ3) is 6.84. The van der Waals surface area contributed by atoms with Gasteiger partial charge in [0.05, 0.1) is 6.54 Å². The molecule has 0 aromatic heterocycles. The van der Waals surface area contributed by atoms with Crippen molar-refractivity contribution in [2.75, 3.05) is 45.8 Å². The summed E-state index contributed by atoms with van der Waals surface area (Å²) in [5, 5.41) is 0. The van der Waals surface area contributed by atoms with Crippen LogP contribution in [0.4, 0.5) is 0 Å². The lowest BCUT2D eigenvalue weighted by molar-refractivity contribution is -1.02. The number of nitrogens with one attached hydrogen (secondary N) is 2. The Bertz CT molecular complexity index is 756. The second-order valence-electron chi connectivity index (χ2n) is 10.1. The number of quaternary nitrogens is 2. The van der Waals surface area contributed by atoms with Crippen LogP contribution in [0.15, 0.2) is 30.3 Å². The Morgan fingerprint density at radius 1 is 0.970 bits per heavy atom. The predicted octanol–water partition coefficient (Wildman–Crippen LogP) is -6.38. The van der Waals surface area contributed by atoms with E-state index in [-0.39, 0.29) is 48.7 Å². The van der Waals surface area contributed by atoms with E-state index < -0.39 is 0 Å². The summed E-state index contributed by atoms with van der Waals surface area (Å²) in [5.41, 5.74) is 1.42. The molecule has 1 aromatic rings. The zero-order chi connectivity index (χ0) is 21.8. The fraction of sp³-hybridized carbons (Fsp3) is 0.680. The van der Waals surface area contributed by atoms with Crippen LogP contribution < -0.4 is 34.6 Å². The molecule has 186 valence electrons. The lowest BCUT2D eigenvalue weighted by Crippen LogP contribution is -3.27. The van der Waals surface area contributed by atoms with Gasteiger partial charge in [-0.1, -0.05) is 44.2 Å². The predicted molar refractivity (Wildman–Crippen MR) is 121 cm³/mol. The van der Waals surface area contributed by atoms with Crippen LogP contribution >= 0.6 is 0 Å². The van der Waals surface area contributed by atoms with E-state index in [1.54, 1.807) is 9.80 Å². The first-order valence-corrected chi connectivity index (χ1v) is 12.3. The molecule has 0 spiro atoms. The summed E-state index contributed by atoms with van der Waals surface area (Å²) in [7, 11) is 0. The van der Waals surface area contributed by atoms with Gasteiger partial charge in [0.1, 0.15) is 44.8 Å². The largest absolute Gasteiger partial charge is 1.00 e. The van der Waals surface area contributed by atoms with Crippen LogP contribution in [-0.4, -0.2) is 79.5 Å². The van der Waals surface area contributed by atoms with Crippen molar-refractivity contribution in [1.29, 1.82) is 0 Å². The molecule has 3 aliphatic heterocycles. The zero-order valence-corrected chi connectivity index (χ0v) is 21.6. The Morgan fingerprint density at radius 2 is 1.64 bits per heavy atom. The van der Waals surface area contributed by atoms with Gasteiger partial charge in [-0.2, -0.15) is 0 Å². The van der Waals surface area contributed by atoms with E-state index in [4.69, 9.17) is 0 Å². The van der Waals surface area contributed by atoms with Crippen molar-refractivity contribution in [2.24, 2.45) is 5.92 Å². The van der Waals surface area contributed by atoms with E-state index >= 15 is 0 Å². The average Bonchev–Trinajstić information content (AvgIpc) is 3.26. The van der Waals surface area contributed by atoms with Gasteiger partial charge in [0.2, 0.25) is 11.8 Å². The minimum Gasteiger partial charge on any atom is -1.00 e. The number of piperazine rings is 2. The molecule has 6 nitrogen and oxygen atoms in total. The van der Waals surface area contributed by atoms with Crippen molar-refractivity contribution in [3.63, 3.8) is 0 Å². The monoisotopic (exact) mass is 498 g/mol. The highest BCUT2D eigenvalue weighted by Gasteiger charge is 2.47. The fourth-order valence-electron chi connectivity index (χ4n) is 5.67. The number of fused-ring (bicyclic) bond motifs is 1. The summed E-state index contributed by atoms with van der Waals surface area (Å²) >= 11 is 0. The molecule has 0 saturated carbocycles. The molecule has 0 bridgehead atoms. The number of halogens is 2. The fourth-order valence-corrected chi connectivity index (χ4v) is 5.67. The van der Waals surface area contributed by atoms with Gasteiger partial charge in [-0.15, -0.1) is 0 Å². The Morgan fingerprint density at radius 3 is 2.30 bits per heavy atom. The smallest absolute Gasteiger partial charge is 0.246 e. The summed E-state index contributed by atoms with van der Waals surface area (Å²) < 4.78 is 0. The third-order valence-corrected chi connectivity index (χ3v) is 7.35. The number of carbonyl (C=O) groups is 2. The van der Waals surface area contributed by atoms with E-state index in [0.717, 1.165) is 51.9 Å². The number of carbonyl (C=O) groups excluding carboxylic acids is 2. The topological polar surface area (TPSA) is 49.5 Å². The highest BCUT2D eigenvalue weighted by Crippen LogP contribution is 2.29.